The van der Waals surface area contributed by atoms with Crippen molar-refractivity contribution < 1.29 is 23.5 Å². The summed E-state index contributed by atoms with van der Waals surface area (Å²) < 4.78 is 15.9. The molecule has 32 heavy (non-hydrogen) atoms. The third-order valence-corrected chi connectivity index (χ3v) is 5.76. The summed E-state index contributed by atoms with van der Waals surface area (Å²) >= 11 is 0. The second-order valence-electron chi connectivity index (χ2n) is 7.94. The quantitative estimate of drug-likeness (QED) is 0.341. The van der Waals surface area contributed by atoms with Crippen molar-refractivity contribution in [1.82, 2.24) is 9.88 Å². The number of methoxy groups -OCH3 is 1. The lowest BCUT2D eigenvalue weighted by molar-refractivity contribution is 0.0476. The number of nitrogens with two attached hydrogens (primary N) is 1. The van der Waals surface area contributed by atoms with Crippen molar-refractivity contribution in [3.8, 4) is 17.1 Å². The van der Waals surface area contributed by atoms with Crippen LogP contribution in [0.2, 0.25) is 0 Å². The first-order chi connectivity index (χ1) is 15.4. The van der Waals surface area contributed by atoms with Gasteiger partial charge in [0.2, 0.25) is 0 Å². The Morgan fingerprint density at radius 2 is 2.06 bits per heavy atom. The number of anilines is 1. The van der Waals surface area contributed by atoms with Crippen LogP contribution in [0.1, 0.15) is 44.3 Å². The fraction of sp³-hybridized carbons (Fsp3) is 0.292. The van der Waals surface area contributed by atoms with Gasteiger partial charge in [0.1, 0.15) is 5.75 Å². The molecule has 2 N–H and O–H groups in total. The maximum atomic E-state index is 12.7. The molecule has 3 aromatic rings. The van der Waals surface area contributed by atoms with E-state index in [4.69, 9.17) is 19.6 Å². The highest BCUT2D eigenvalue weighted by Crippen LogP contribution is 2.36. The van der Waals surface area contributed by atoms with E-state index in [1.807, 2.05) is 26.2 Å². The Hall–Kier alpha value is -3.65. The number of hydrogen-bond acceptors (Lipinski definition) is 8. The summed E-state index contributed by atoms with van der Waals surface area (Å²) in [6.45, 7) is -0.382. The molecule has 8 nitrogen and oxygen atoms in total. The number of aryl methyl sites for hydroxylation is 1. The Morgan fingerprint density at radius 3 is 2.75 bits per heavy atom. The van der Waals surface area contributed by atoms with Gasteiger partial charge in [0.15, 0.2) is 24.5 Å². The third-order valence-electron chi connectivity index (χ3n) is 5.76. The largest absolute Gasteiger partial charge is 0.496 e. The molecule has 1 aliphatic carbocycles. The van der Waals surface area contributed by atoms with Gasteiger partial charge in [0.05, 0.1) is 24.4 Å². The molecular weight excluding hydrogens is 410 g/mol. The van der Waals surface area contributed by atoms with Crippen LogP contribution in [0.4, 0.5) is 5.69 Å². The maximum absolute atomic E-state index is 12.7. The number of aromatic nitrogens is 1. The number of fused-ring (bicyclic) bond motifs is 1. The molecule has 166 valence electrons. The summed E-state index contributed by atoms with van der Waals surface area (Å²) in [5, 5.41) is 0. The first-order valence-corrected chi connectivity index (χ1v) is 10.2. The van der Waals surface area contributed by atoms with E-state index >= 15 is 0 Å². The van der Waals surface area contributed by atoms with Crippen LogP contribution in [-0.4, -0.2) is 49.4 Å². The first kappa shape index (κ1) is 21.6. The molecule has 0 radical (unpaired) electrons. The molecule has 0 fully saturated rings. The number of carbonyl (C=O) groups is 2. The first-order valence-electron chi connectivity index (χ1n) is 10.2. The van der Waals surface area contributed by atoms with Crippen molar-refractivity contribution in [3.63, 3.8) is 0 Å². The minimum atomic E-state index is -0.702. The molecule has 2 aromatic carbocycles. The van der Waals surface area contributed by atoms with Crippen molar-refractivity contribution in [2.75, 3.05) is 33.5 Å². The van der Waals surface area contributed by atoms with Crippen molar-refractivity contribution >= 4 is 17.4 Å². The summed E-state index contributed by atoms with van der Waals surface area (Å²) in [6.07, 6.45) is 4.80. The van der Waals surface area contributed by atoms with Gasteiger partial charge in [-0.05, 0) is 50.2 Å². The average Bonchev–Trinajstić information content (AvgIpc) is 3.46. The number of benzene rings is 2. The molecule has 4 rings (SSSR count). The topological polar surface area (TPSA) is 108 Å². The molecule has 1 atom stereocenters. The number of ether oxygens (including phenoxy) is 2. The SMILES string of the molecule is COc1cc(N)c(C(=O)OCC(=O)c2ccc3c(c2)C(N(C)C)CC3)cc1-c1cnco1. The van der Waals surface area contributed by atoms with Gasteiger partial charge in [-0.25, -0.2) is 9.78 Å². The molecule has 0 saturated carbocycles. The van der Waals surface area contributed by atoms with Gasteiger partial charge in [-0.3, -0.25) is 4.79 Å². The van der Waals surface area contributed by atoms with Crippen LogP contribution in [0.25, 0.3) is 11.3 Å². The molecule has 1 heterocycles. The molecule has 0 amide bonds. The van der Waals surface area contributed by atoms with E-state index in [1.54, 1.807) is 6.07 Å². The van der Waals surface area contributed by atoms with Crippen LogP contribution >= 0.6 is 0 Å². The molecule has 0 bridgehead atoms. The zero-order chi connectivity index (χ0) is 22.8. The van der Waals surface area contributed by atoms with Crippen molar-refractivity contribution in [1.29, 1.82) is 0 Å². The molecule has 8 heteroatoms. The van der Waals surface area contributed by atoms with Crippen molar-refractivity contribution in [2.45, 2.75) is 18.9 Å². The highest BCUT2D eigenvalue weighted by molar-refractivity contribution is 6.01. The molecule has 1 unspecified atom stereocenters. The number of nitrogen functional groups attached to an aromatic ring is 1. The highest BCUT2D eigenvalue weighted by Gasteiger charge is 2.25. The highest BCUT2D eigenvalue weighted by atomic mass is 16.5. The van der Waals surface area contributed by atoms with Crippen LogP contribution in [0.3, 0.4) is 0 Å². The van der Waals surface area contributed by atoms with Crippen LogP contribution in [0.5, 0.6) is 5.75 Å². The average molecular weight is 435 g/mol. The standard InChI is InChI=1S/C24H25N3O5/c1-27(2)20-7-6-14-4-5-15(8-16(14)20)21(28)12-31-24(29)17-9-18(23-11-26-13-32-23)22(30-3)10-19(17)25/h4-5,8-11,13,20H,6-7,12,25H2,1-3H3. The monoisotopic (exact) mass is 435 g/mol. The lowest BCUT2D eigenvalue weighted by Crippen LogP contribution is -2.18. The van der Waals surface area contributed by atoms with Crippen LogP contribution in [0.15, 0.2) is 47.3 Å². The van der Waals surface area contributed by atoms with E-state index in [2.05, 4.69) is 9.88 Å². The number of esters is 1. The fourth-order valence-electron chi connectivity index (χ4n) is 4.07. The van der Waals surface area contributed by atoms with Gasteiger partial charge in [-0.2, -0.15) is 0 Å². The van der Waals surface area contributed by atoms with Crippen molar-refractivity contribution in [2.24, 2.45) is 0 Å². The molecule has 0 saturated heterocycles. The number of nitrogens with zero attached hydrogens (tertiary/aromatic N) is 2. The fourth-order valence-corrected chi connectivity index (χ4v) is 4.07. The zero-order valence-electron chi connectivity index (χ0n) is 18.3. The van der Waals surface area contributed by atoms with Gasteiger partial charge in [-0.1, -0.05) is 12.1 Å². The Balaban J connectivity index is 1.50. The van der Waals surface area contributed by atoms with Gasteiger partial charge in [-0.15, -0.1) is 0 Å². The number of ketones is 1. The van der Waals surface area contributed by atoms with Gasteiger partial charge < -0.3 is 24.5 Å². The second kappa shape index (κ2) is 8.84. The summed E-state index contributed by atoms with van der Waals surface area (Å²) in [4.78, 5) is 31.5. The minimum absolute atomic E-state index is 0.117. The third kappa shape index (κ3) is 4.09. The Morgan fingerprint density at radius 1 is 1.25 bits per heavy atom. The van der Waals surface area contributed by atoms with E-state index in [0.29, 0.717) is 22.6 Å². The smallest absolute Gasteiger partial charge is 0.340 e. The Bertz CT molecular complexity index is 1150. The van der Waals surface area contributed by atoms with Crippen LogP contribution in [-0.2, 0) is 11.2 Å². The summed E-state index contributed by atoms with van der Waals surface area (Å²) in [5.41, 5.74) is 9.76. The minimum Gasteiger partial charge on any atom is -0.496 e. The predicted octanol–water partition coefficient (Wildman–Crippen LogP) is 3.52. The van der Waals surface area contributed by atoms with E-state index in [-0.39, 0.29) is 29.7 Å². The Kier molecular flexibility index (Phi) is 5.96. The lowest BCUT2D eigenvalue weighted by Gasteiger charge is -2.20. The molecule has 0 aliphatic heterocycles. The maximum Gasteiger partial charge on any atom is 0.340 e. The van der Waals surface area contributed by atoms with Gasteiger partial charge >= 0.3 is 5.97 Å². The zero-order valence-corrected chi connectivity index (χ0v) is 18.3. The summed E-state index contributed by atoms with van der Waals surface area (Å²) in [6, 6.07) is 8.99. The number of oxazole rings is 1. The molecular formula is C24H25N3O5. The lowest BCUT2D eigenvalue weighted by atomic mass is 10.0. The van der Waals surface area contributed by atoms with E-state index in [0.717, 1.165) is 18.4 Å². The second-order valence-corrected chi connectivity index (χ2v) is 7.94. The molecule has 1 aromatic heterocycles. The summed E-state index contributed by atoms with van der Waals surface area (Å²) in [5.74, 6) is -0.124. The molecule has 1 aliphatic rings. The van der Waals surface area contributed by atoms with Crippen molar-refractivity contribution in [3.05, 3.63) is 65.2 Å². The van der Waals surface area contributed by atoms with E-state index in [1.165, 1.54) is 37.4 Å². The van der Waals surface area contributed by atoms with Crippen LogP contribution < -0.4 is 10.5 Å². The number of Topliss-reactive ketones (excluding diaryl/α,β-unsaturated/α-hetero) is 1. The predicted molar refractivity (Wildman–Crippen MR) is 119 cm³/mol. The Labute approximate surface area is 185 Å². The van der Waals surface area contributed by atoms with Gasteiger partial charge in [0.25, 0.3) is 0 Å². The van der Waals surface area contributed by atoms with E-state index in [9.17, 15) is 9.59 Å². The number of carbonyl (C=O) groups excluding carboxylic acids is 2. The van der Waals surface area contributed by atoms with E-state index < -0.39 is 5.97 Å². The number of hydrogen-bond donors (Lipinski definition) is 1. The number of rotatable bonds is 7. The van der Waals surface area contributed by atoms with Crippen LogP contribution in [0, 0.1) is 0 Å². The summed E-state index contributed by atoms with van der Waals surface area (Å²) in [7, 11) is 5.55. The molecule has 0 spiro atoms. The normalized spacial score (nSPS) is 14.9. The van der Waals surface area contributed by atoms with Gasteiger partial charge in [0, 0.05) is 23.4 Å².